The molecule has 0 aliphatic heterocycles. The zero-order chi connectivity index (χ0) is 9.11. The highest BCUT2D eigenvalue weighted by Gasteiger charge is 1.85. The average molecular weight is 163 g/mol. The summed E-state index contributed by atoms with van der Waals surface area (Å²) >= 11 is 0. The molecule has 0 aromatic rings. The quantitative estimate of drug-likeness (QED) is 0.639. The Hall–Kier alpha value is -0.570. The van der Waals surface area contributed by atoms with Crippen LogP contribution in [-0.2, 0) is 9.53 Å². The Morgan fingerprint density at radius 1 is 1.55 bits per heavy atom. The predicted molar refractivity (Wildman–Crippen MR) is 48.6 cm³/mol. The maximum absolute atomic E-state index is 10.2. The van der Waals surface area contributed by atoms with Crippen molar-refractivity contribution in [2.75, 3.05) is 20.3 Å². The third kappa shape index (κ3) is 26.5. The molecular formula is C8H21NO2. The van der Waals surface area contributed by atoms with E-state index in [0.29, 0.717) is 13.2 Å². The maximum atomic E-state index is 10.2. The van der Waals surface area contributed by atoms with E-state index in [-0.39, 0.29) is 7.33 Å². The van der Waals surface area contributed by atoms with Crippen molar-refractivity contribution < 1.29 is 11.0 Å². The summed E-state index contributed by atoms with van der Waals surface area (Å²) in [6, 6.07) is 0. The molecule has 1 amide bonds. The summed E-state index contributed by atoms with van der Waals surface area (Å²) in [6.45, 7) is 6.92. The molecule has 0 saturated carbocycles. The second kappa shape index (κ2) is 12.1. The third-order valence-electron chi connectivity index (χ3n) is 0.680. The molecule has 1 N–H and O–H groups in total. The van der Waals surface area contributed by atoms with E-state index in [4.69, 9.17) is 0 Å². The summed E-state index contributed by atoms with van der Waals surface area (Å²) in [7, 11) is 1.60. The van der Waals surface area contributed by atoms with Gasteiger partial charge >= 0.3 is 0 Å². The molecule has 0 bridgehead atoms. The minimum Gasteiger partial charge on any atom is -0.383 e. The second-order valence-electron chi connectivity index (χ2n) is 2.18. The van der Waals surface area contributed by atoms with Crippen molar-refractivity contribution in [1.29, 1.82) is 0 Å². The number of nitrogens with one attached hydrogen (secondary N) is 1. The van der Waals surface area contributed by atoms with Crippen LogP contribution in [0, 0.1) is 0 Å². The zero-order valence-corrected chi connectivity index (χ0v) is 7.94. The lowest BCUT2D eigenvalue weighted by Gasteiger charge is -1.97. The average Bonchev–Trinajstić information content (AvgIpc) is 1.89. The number of ether oxygens (including phenoxy) is 1. The van der Waals surface area contributed by atoms with Gasteiger partial charge in [0.25, 0.3) is 0 Å². The number of hydrogen-bond acceptors (Lipinski definition) is 2. The van der Waals surface area contributed by atoms with Crippen molar-refractivity contribution >= 4 is 5.91 Å². The molecule has 0 heterocycles. The number of carbonyl (C=O) groups is 1. The lowest BCUT2D eigenvalue weighted by Crippen LogP contribution is -2.23. The molecular weight excluding hydrogens is 142 g/mol. The summed E-state index contributed by atoms with van der Waals surface area (Å²) in [5.41, 5.74) is 0. The van der Waals surface area contributed by atoms with Crippen molar-refractivity contribution in [3.8, 4) is 0 Å². The van der Waals surface area contributed by atoms with Gasteiger partial charge < -0.3 is 10.1 Å². The fraction of sp³-hybridized carbons (Fsp3) is 0.875. The molecule has 11 heavy (non-hydrogen) atoms. The summed E-state index contributed by atoms with van der Waals surface area (Å²) in [5, 5.41) is 2.58. The fourth-order valence-electron chi connectivity index (χ4n) is 0.329. The molecule has 70 valence electrons. The molecule has 0 rings (SSSR count). The summed E-state index contributed by atoms with van der Waals surface area (Å²) < 4.78 is 4.68. The normalized spacial score (nSPS) is 8.00. The molecule has 0 aromatic carbocycles. The number of rotatable bonds is 3. The summed E-state index contributed by atoms with van der Waals surface area (Å²) in [4.78, 5) is 10.2. The predicted octanol–water partition coefficient (Wildman–Crippen LogP) is 1.43. The van der Waals surface area contributed by atoms with Crippen LogP contribution < -0.4 is 5.32 Å². The number of carbonyl (C=O) groups excluding carboxylic acids is 1. The van der Waals surface area contributed by atoms with E-state index in [1.165, 1.54) is 13.3 Å². The smallest absolute Gasteiger partial charge is 0.216 e. The summed E-state index contributed by atoms with van der Waals surface area (Å²) in [5.74, 6) is -0.0120. The minimum absolute atomic E-state index is 0. The molecule has 3 heteroatoms. The van der Waals surface area contributed by atoms with Crippen molar-refractivity contribution in [3.05, 3.63) is 0 Å². The standard InChI is InChI=1S/C5H11NO2.C3H8.H2/c1-5(7)6-3-4-8-2;1-3-2;/h3-4H2,1-2H3,(H,6,7);3H2,1-2H3;1H. The van der Waals surface area contributed by atoms with Crippen LogP contribution in [0.5, 0.6) is 0 Å². The van der Waals surface area contributed by atoms with Gasteiger partial charge in [0, 0.05) is 22.0 Å². The molecule has 0 saturated heterocycles. The number of hydrogen-bond donors (Lipinski definition) is 1. The van der Waals surface area contributed by atoms with Crippen molar-refractivity contribution in [2.45, 2.75) is 27.2 Å². The fourth-order valence-corrected chi connectivity index (χ4v) is 0.329. The van der Waals surface area contributed by atoms with Gasteiger partial charge in [-0.1, -0.05) is 20.3 Å². The SMILES string of the molecule is CCC.COCCNC(C)=O.[HH]. The van der Waals surface area contributed by atoms with E-state index in [1.54, 1.807) is 7.11 Å². The van der Waals surface area contributed by atoms with Crippen LogP contribution in [0.4, 0.5) is 0 Å². The van der Waals surface area contributed by atoms with Gasteiger partial charge in [0.1, 0.15) is 0 Å². The first-order valence-electron chi connectivity index (χ1n) is 3.92. The first-order valence-corrected chi connectivity index (χ1v) is 3.92. The largest absolute Gasteiger partial charge is 0.383 e. The first-order chi connectivity index (χ1) is 5.18. The number of amides is 1. The van der Waals surface area contributed by atoms with Gasteiger partial charge in [-0.15, -0.1) is 0 Å². The molecule has 0 unspecified atom stereocenters. The first kappa shape index (κ1) is 13.1. The molecule has 0 atom stereocenters. The topological polar surface area (TPSA) is 38.3 Å². The van der Waals surface area contributed by atoms with E-state index in [1.807, 2.05) is 0 Å². The van der Waals surface area contributed by atoms with Crippen LogP contribution in [0.25, 0.3) is 0 Å². The van der Waals surface area contributed by atoms with Crippen molar-refractivity contribution in [3.63, 3.8) is 0 Å². The Bertz CT molecular complexity index is 89.1. The van der Waals surface area contributed by atoms with E-state index < -0.39 is 0 Å². The molecule has 0 aliphatic carbocycles. The van der Waals surface area contributed by atoms with E-state index in [0.717, 1.165) is 0 Å². The second-order valence-corrected chi connectivity index (χ2v) is 2.18. The van der Waals surface area contributed by atoms with E-state index in [2.05, 4.69) is 23.9 Å². The Morgan fingerprint density at radius 3 is 2.27 bits per heavy atom. The molecule has 0 spiro atoms. The summed E-state index contributed by atoms with van der Waals surface area (Å²) in [6.07, 6.45) is 1.25. The molecule has 0 aliphatic rings. The van der Waals surface area contributed by atoms with E-state index >= 15 is 0 Å². The Balaban J connectivity index is -0.000000177. The number of methoxy groups -OCH3 is 1. The highest BCUT2D eigenvalue weighted by Crippen LogP contribution is 1.63. The van der Waals surface area contributed by atoms with Gasteiger partial charge in [-0.25, -0.2) is 0 Å². The van der Waals surface area contributed by atoms with Gasteiger partial charge in [-0.3, -0.25) is 4.79 Å². The van der Waals surface area contributed by atoms with Crippen LogP contribution in [0.15, 0.2) is 0 Å². The molecule has 3 nitrogen and oxygen atoms in total. The lowest BCUT2D eigenvalue weighted by molar-refractivity contribution is -0.119. The Kier molecular flexibility index (Phi) is 14.4. The molecule has 0 radical (unpaired) electrons. The van der Waals surface area contributed by atoms with Crippen LogP contribution in [0.2, 0.25) is 0 Å². The highest BCUT2D eigenvalue weighted by atomic mass is 16.5. The zero-order valence-electron chi connectivity index (χ0n) is 7.94. The van der Waals surface area contributed by atoms with Gasteiger partial charge in [0.05, 0.1) is 6.61 Å². The van der Waals surface area contributed by atoms with Crippen molar-refractivity contribution in [2.24, 2.45) is 0 Å². The van der Waals surface area contributed by atoms with Crippen LogP contribution in [0.1, 0.15) is 28.6 Å². The van der Waals surface area contributed by atoms with Crippen LogP contribution in [-0.4, -0.2) is 26.2 Å². The van der Waals surface area contributed by atoms with Crippen LogP contribution >= 0.6 is 0 Å². The van der Waals surface area contributed by atoms with Gasteiger partial charge in [0.2, 0.25) is 5.91 Å². The van der Waals surface area contributed by atoms with Crippen molar-refractivity contribution in [1.82, 2.24) is 5.32 Å². The lowest BCUT2D eigenvalue weighted by atomic mass is 10.6. The monoisotopic (exact) mass is 163 g/mol. The highest BCUT2D eigenvalue weighted by molar-refractivity contribution is 5.72. The van der Waals surface area contributed by atoms with Gasteiger partial charge in [-0.2, -0.15) is 0 Å². The van der Waals surface area contributed by atoms with Crippen LogP contribution in [0.3, 0.4) is 0 Å². The Morgan fingerprint density at radius 2 is 2.00 bits per heavy atom. The third-order valence-corrected chi connectivity index (χ3v) is 0.680. The van der Waals surface area contributed by atoms with E-state index in [9.17, 15) is 4.79 Å². The maximum Gasteiger partial charge on any atom is 0.216 e. The molecule has 0 fully saturated rings. The Labute approximate surface area is 70.6 Å². The molecule has 0 aromatic heterocycles. The van der Waals surface area contributed by atoms with Gasteiger partial charge in [-0.05, 0) is 0 Å². The minimum atomic E-state index is -0.0120. The van der Waals surface area contributed by atoms with Gasteiger partial charge in [0.15, 0.2) is 0 Å².